The number of rotatable bonds is 5. The number of halogens is 4. The maximum absolute atomic E-state index is 12.4. The molecule has 0 saturated carbocycles. The van der Waals surface area contributed by atoms with Crippen molar-refractivity contribution in [2.75, 3.05) is 5.75 Å². The molecule has 0 fully saturated rings. The van der Waals surface area contributed by atoms with Crippen LogP contribution in [0, 0.1) is 0 Å². The largest absolute Gasteiger partial charge is 0.417 e. The van der Waals surface area contributed by atoms with Gasteiger partial charge in [-0.2, -0.15) is 13.2 Å². The van der Waals surface area contributed by atoms with E-state index in [1.54, 1.807) is 0 Å². The van der Waals surface area contributed by atoms with Gasteiger partial charge in [0.25, 0.3) is 0 Å². The van der Waals surface area contributed by atoms with Crippen LogP contribution in [0.3, 0.4) is 0 Å². The Morgan fingerprint density at radius 3 is 2.64 bits per heavy atom. The second kappa shape index (κ2) is 7.47. The van der Waals surface area contributed by atoms with Crippen molar-refractivity contribution in [1.82, 2.24) is 10.3 Å². The van der Waals surface area contributed by atoms with E-state index in [0.717, 1.165) is 32.7 Å². The first kappa shape index (κ1) is 17.3. The summed E-state index contributed by atoms with van der Waals surface area (Å²) in [4.78, 5) is 16.4. The molecular formula is C13H10BrF3N2OS2. The Bertz CT molecular complexity index is 643. The molecule has 2 aromatic heterocycles. The molecule has 0 aliphatic heterocycles. The normalized spacial score (nSPS) is 11.5. The Kier molecular flexibility index (Phi) is 5.87. The van der Waals surface area contributed by atoms with Gasteiger partial charge in [-0.3, -0.25) is 4.79 Å². The molecule has 2 aromatic rings. The second-order valence-electron chi connectivity index (χ2n) is 4.15. The zero-order chi connectivity index (χ0) is 16.2. The van der Waals surface area contributed by atoms with E-state index in [1.165, 1.54) is 17.4 Å². The molecule has 3 nitrogen and oxygen atoms in total. The lowest BCUT2D eigenvalue weighted by Crippen LogP contribution is -2.24. The summed E-state index contributed by atoms with van der Waals surface area (Å²) in [5.74, 6) is -0.0959. The van der Waals surface area contributed by atoms with E-state index < -0.39 is 11.7 Å². The Morgan fingerprint density at radius 2 is 2.09 bits per heavy atom. The molecule has 9 heteroatoms. The highest BCUT2D eigenvalue weighted by Gasteiger charge is 2.30. The van der Waals surface area contributed by atoms with Crippen LogP contribution in [0.5, 0.6) is 0 Å². The third kappa shape index (κ3) is 5.29. The van der Waals surface area contributed by atoms with Gasteiger partial charge >= 0.3 is 6.18 Å². The van der Waals surface area contributed by atoms with Crippen LogP contribution in [0.25, 0.3) is 0 Å². The highest BCUT2D eigenvalue weighted by Crippen LogP contribution is 2.29. The predicted molar refractivity (Wildman–Crippen MR) is 83.8 cm³/mol. The number of nitrogens with zero attached hydrogens (tertiary/aromatic N) is 1. The maximum atomic E-state index is 12.4. The maximum Gasteiger partial charge on any atom is 0.417 e. The molecule has 2 rings (SSSR count). The summed E-state index contributed by atoms with van der Waals surface area (Å²) in [6.07, 6.45) is -3.63. The Morgan fingerprint density at radius 1 is 1.32 bits per heavy atom. The number of carbonyl (C=O) groups is 1. The average molecular weight is 411 g/mol. The lowest BCUT2D eigenvalue weighted by Gasteiger charge is -2.07. The molecule has 0 aliphatic rings. The number of aromatic nitrogens is 1. The van der Waals surface area contributed by atoms with E-state index in [2.05, 4.69) is 26.2 Å². The minimum Gasteiger partial charge on any atom is -0.350 e. The smallest absolute Gasteiger partial charge is 0.350 e. The summed E-state index contributed by atoms with van der Waals surface area (Å²) in [6, 6.07) is 6.01. The van der Waals surface area contributed by atoms with Crippen LogP contribution in [0.2, 0.25) is 0 Å². The Hall–Kier alpha value is -1.06. The molecule has 22 heavy (non-hydrogen) atoms. The van der Waals surface area contributed by atoms with Gasteiger partial charge in [-0.25, -0.2) is 4.98 Å². The van der Waals surface area contributed by atoms with Crippen molar-refractivity contribution in [3.63, 3.8) is 0 Å². The molecule has 2 heterocycles. The number of hydrogen-bond acceptors (Lipinski definition) is 4. The molecule has 0 radical (unpaired) electrons. The number of hydrogen-bond donors (Lipinski definition) is 1. The summed E-state index contributed by atoms with van der Waals surface area (Å²) in [6.45, 7) is 0.427. The zero-order valence-corrected chi connectivity index (χ0v) is 14.2. The van der Waals surface area contributed by atoms with Gasteiger partial charge in [0.1, 0.15) is 0 Å². The molecule has 1 N–H and O–H groups in total. The van der Waals surface area contributed by atoms with Crippen molar-refractivity contribution in [2.45, 2.75) is 17.7 Å². The van der Waals surface area contributed by atoms with E-state index in [4.69, 9.17) is 0 Å². The quantitative estimate of drug-likeness (QED) is 0.745. The van der Waals surface area contributed by atoms with Gasteiger partial charge in [0.15, 0.2) is 0 Å². The van der Waals surface area contributed by atoms with E-state index in [-0.39, 0.29) is 11.7 Å². The molecule has 0 bridgehead atoms. The predicted octanol–water partition coefficient (Wildman–Crippen LogP) is 4.33. The molecule has 0 aliphatic carbocycles. The number of thiophene rings is 1. The van der Waals surface area contributed by atoms with Gasteiger partial charge in [0.2, 0.25) is 5.91 Å². The van der Waals surface area contributed by atoms with Gasteiger partial charge in [-0.05, 0) is 40.2 Å². The van der Waals surface area contributed by atoms with Crippen molar-refractivity contribution in [1.29, 1.82) is 0 Å². The molecule has 118 valence electrons. The number of alkyl halides is 3. The van der Waals surface area contributed by atoms with Gasteiger partial charge in [-0.15, -0.1) is 11.3 Å². The molecule has 0 aromatic carbocycles. The van der Waals surface area contributed by atoms with Crippen molar-refractivity contribution in [3.8, 4) is 0 Å². The number of nitrogens with one attached hydrogen (secondary N) is 1. The standard InChI is InChI=1S/C13H10BrF3N2OS2/c14-10-3-2-9(22-10)6-18-11(20)7-21-12-4-1-8(5-19-12)13(15,16)17/h1-5H,6-7H2,(H,18,20). The lowest BCUT2D eigenvalue weighted by atomic mass is 10.3. The topological polar surface area (TPSA) is 42.0 Å². The highest BCUT2D eigenvalue weighted by atomic mass is 79.9. The number of thioether (sulfide) groups is 1. The fourth-order valence-corrected chi connectivity index (χ4v) is 3.55. The van der Waals surface area contributed by atoms with Crippen LogP contribution in [-0.4, -0.2) is 16.6 Å². The molecule has 1 amide bonds. The van der Waals surface area contributed by atoms with Gasteiger partial charge in [0.05, 0.1) is 26.7 Å². The minimum atomic E-state index is -4.40. The molecule has 0 spiro atoms. The summed E-state index contributed by atoms with van der Waals surface area (Å²) in [7, 11) is 0. The third-order valence-electron chi connectivity index (χ3n) is 2.50. The van der Waals surface area contributed by atoms with E-state index >= 15 is 0 Å². The SMILES string of the molecule is O=C(CSc1ccc(C(F)(F)F)cn1)NCc1ccc(Br)s1. The monoisotopic (exact) mass is 410 g/mol. The Labute approximate surface area is 141 Å². The lowest BCUT2D eigenvalue weighted by molar-refractivity contribution is -0.137. The number of carbonyl (C=O) groups excluding carboxylic acids is 1. The van der Waals surface area contributed by atoms with Crippen molar-refractivity contribution >= 4 is 44.9 Å². The van der Waals surface area contributed by atoms with E-state index in [1.807, 2.05) is 12.1 Å². The molecule has 0 atom stereocenters. The molecule has 0 unspecified atom stereocenters. The number of pyridine rings is 1. The van der Waals surface area contributed by atoms with Crippen LogP contribution in [0.4, 0.5) is 13.2 Å². The van der Waals surface area contributed by atoms with Gasteiger partial charge in [0, 0.05) is 11.1 Å². The van der Waals surface area contributed by atoms with Crippen molar-refractivity contribution in [2.24, 2.45) is 0 Å². The van der Waals surface area contributed by atoms with Crippen LogP contribution in [0.1, 0.15) is 10.4 Å². The second-order valence-corrected chi connectivity index (χ2v) is 7.70. The van der Waals surface area contributed by atoms with Crippen LogP contribution >= 0.6 is 39.0 Å². The first-order chi connectivity index (χ1) is 10.3. The summed E-state index contributed by atoms with van der Waals surface area (Å²) >= 11 is 5.95. The highest BCUT2D eigenvalue weighted by molar-refractivity contribution is 9.11. The van der Waals surface area contributed by atoms with Gasteiger partial charge < -0.3 is 5.32 Å². The summed E-state index contributed by atoms with van der Waals surface area (Å²) in [5, 5.41) is 3.12. The first-order valence-electron chi connectivity index (χ1n) is 6.01. The fraction of sp³-hybridized carbons (Fsp3) is 0.231. The van der Waals surface area contributed by atoms with Crippen LogP contribution in [0.15, 0.2) is 39.3 Å². The zero-order valence-electron chi connectivity index (χ0n) is 11.0. The molecule has 0 saturated heterocycles. The van der Waals surface area contributed by atoms with Crippen molar-refractivity contribution in [3.05, 3.63) is 44.7 Å². The minimum absolute atomic E-state index is 0.102. The molecular weight excluding hydrogens is 401 g/mol. The van der Waals surface area contributed by atoms with Crippen LogP contribution < -0.4 is 5.32 Å². The first-order valence-corrected chi connectivity index (χ1v) is 8.61. The summed E-state index contributed by atoms with van der Waals surface area (Å²) < 4.78 is 38.1. The van der Waals surface area contributed by atoms with Crippen molar-refractivity contribution < 1.29 is 18.0 Å². The van der Waals surface area contributed by atoms with E-state index in [9.17, 15) is 18.0 Å². The third-order valence-corrected chi connectivity index (χ3v) is 5.07. The van der Waals surface area contributed by atoms with Gasteiger partial charge in [-0.1, -0.05) is 11.8 Å². The van der Waals surface area contributed by atoms with E-state index in [0.29, 0.717) is 11.6 Å². The Balaban J connectivity index is 1.78. The summed E-state index contributed by atoms with van der Waals surface area (Å²) in [5.41, 5.74) is -0.801. The number of amides is 1. The fourth-order valence-electron chi connectivity index (χ4n) is 1.46. The average Bonchev–Trinajstić information content (AvgIpc) is 2.88. The van der Waals surface area contributed by atoms with Crippen LogP contribution in [-0.2, 0) is 17.5 Å².